The zero-order valence-electron chi connectivity index (χ0n) is 14.5. The van der Waals surface area contributed by atoms with Crippen LogP contribution in [0.2, 0.25) is 0 Å². The van der Waals surface area contributed by atoms with Crippen LogP contribution in [-0.4, -0.2) is 37.7 Å². The third-order valence-corrected chi connectivity index (χ3v) is 4.85. The Balaban J connectivity index is 1.52. The first kappa shape index (κ1) is 15.3. The summed E-state index contributed by atoms with van der Waals surface area (Å²) in [6.45, 7) is 9.22. The van der Waals surface area contributed by atoms with E-state index in [2.05, 4.69) is 41.5 Å². The van der Waals surface area contributed by atoms with Gasteiger partial charge < -0.3 is 0 Å². The number of aromatic nitrogens is 4. The first-order valence-electron chi connectivity index (χ1n) is 8.57. The van der Waals surface area contributed by atoms with Crippen molar-refractivity contribution in [1.29, 1.82) is 0 Å². The second kappa shape index (κ2) is 5.98. The summed E-state index contributed by atoms with van der Waals surface area (Å²) in [5.74, 6) is 0. The highest BCUT2D eigenvalue weighted by Gasteiger charge is 2.26. The minimum absolute atomic E-state index is 0.465. The van der Waals surface area contributed by atoms with Crippen molar-refractivity contribution in [3.63, 3.8) is 0 Å². The van der Waals surface area contributed by atoms with Gasteiger partial charge in [0.2, 0.25) is 0 Å². The van der Waals surface area contributed by atoms with Crippen molar-refractivity contribution < 1.29 is 0 Å². The van der Waals surface area contributed by atoms with E-state index in [9.17, 15) is 0 Å². The van der Waals surface area contributed by atoms with Gasteiger partial charge in [-0.3, -0.25) is 9.58 Å². The Morgan fingerprint density at radius 3 is 2.54 bits per heavy atom. The number of fused-ring (bicyclic) bond motifs is 1. The van der Waals surface area contributed by atoms with Gasteiger partial charge in [0, 0.05) is 25.3 Å². The molecule has 1 aliphatic rings. The molecular formula is C19H23N5. The van der Waals surface area contributed by atoms with Gasteiger partial charge in [-0.25, -0.2) is 9.97 Å². The fourth-order valence-electron chi connectivity index (χ4n) is 3.66. The van der Waals surface area contributed by atoms with Crippen molar-refractivity contribution in [1.82, 2.24) is 24.6 Å². The van der Waals surface area contributed by atoms with E-state index in [1.54, 1.807) is 0 Å². The van der Waals surface area contributed by atoms with Crippen molar-refractivity contribution in [2.24, 2.45) is 0 Å². The molecule has 0 aliphatic carbocycles. The van der Waals surface area contributed by atoms with Crippen molar-refractivity contribution >= 4 is 11.0 Å². The molecule has 0 unspecified atom stereocenters. The Morgan fingerprint density at radius 1 is 1.08 bits per heavy atom. The fraction of sp³-hybridized carbons (Fsp3) is 0.421. The smallest absolute Gasteiger partial charge is 0.0890 e. The summed E-state index contributed by atoms with van der Waals surface area (Å²) in [4.78, 5) is 12.0. The monoisotopic (exact) mass is 321 g/mol. The van der Waals surface area contributed by atoms with E-state index in [0.717, 1.165) is 54.2 Å². The molecule has 0 saturated carbocycles. The number of hydrogen-bond donors (Lipinski definition) is 0. The van der Waals surface area contributed by atoms with Crippen LogP contribution in [0.1, 0.15) is 35.2 Å². The first-order valence-corrected chi connectivity index (χ1v) is 8.57. The SMILES string of the molecule is Cc1cc(C)n([C@H]2CCN(Cc3nc4ccccc4nc3C)C2)n1. The van der Waals surface area contributed by atoms with Crippen molar-refractivity contribution in [2.45, 2.75) is 39.8 Å². The average molecular weight is 321 g/mol. The number of rotatable bonds is 3. The highest BCUT2D eigenvalue weighted by Crippen LogP contribution is 2.25. The summed E-state index contributed by atoms with van der Waals surface area (Å²) >= 11 is 0. The Kier molecular flexibility index (Phi) is 3.81. The molecule has 0 bridgehead atoms. The van der Waals surface area contributed by atoms with Crippen LogP contribution >= 0.6 is 0 Å². The Labute approximate surface area is 142 Å². The van der Waals surface area contributed by atoms with Gasteiger partial charge in [0.25, 0.3) is 0 Å². The van der Waals surface area contributed by atoms with Gasteiger partial charge in [0.05, 0.1) is 34.2 Å². The molecule has 5 nitrogen and oxygen atoms in total. The van der Waals surface area contributed by atoms with E-state index in [-0.39, 0.29) is 0 Å². The van der Waals surface area contributed by atoms with Gasteiger partial charge in [0.1, 0.15) is 0 Å². The normalized spacial score (nSPS) is 18.5. The molecule has 0 N–H and O–H groups in total. The molecule has 0 spiro atoms. The minimum Gasteiger partial charge on any atom is -0.295 e. The fourth-order valence-corrected chi connectivity index (χ4v) is 3.66. The molecule has 1 aliphatic heterocycles. The molecule has 0 radical (unpaired) electrons. The molecule has 1 saturated heterocycles. The Hall–Kier alpha value is -2.27. The molecule has 24 heavy (non-hydrogen) atoms. The molecule has 3 heterocycles. The lowest BCUT2D eigenvalue weighted by atomic mass is 10.2. The number of benzene rings is 1. The lowest BCUT2D eigenvalue weighted by Gasteiger charge is -2.17. The quantitative estimate of drug-likeness (QED) is 0.743. The van der Waals surface area contributed by atoms with E-state index in [0.29, 0.717) is 6.04 Å². The molecule has 2 aromatic heterocycles. The predicted octanol–water partition coefficient (Wildman–Crippen LogP) is 3.20. The van der Waals surface area contributed by atoms with Crippen LogP contribution in [-0.2, 0) is 6.54 Å². The average Bonchev–Trinajstić information content (AvgIpc) is 3.14. The zero-order valence-corrected chi connectivity index (χ0v) is 14.5. The van der Waals surface area contributed by atoms with Crippen LogP contribution in [0.3, 0.4) is 0 Å². The summed E-state index contributed by atoms with van der Waals surface area (Å²) < 4.78 is 2.19. The summed E-state index contributed by atoms with van der Waals surface area (Å²) in [5.41, 5.74) is 6.42. The summed E-state index contributed by atoms with van der Waals surface area (Å²) in [6, 6.07) is 10.7. The molecule has 4 rings (SSSR count). The van der Waals surface area contributed by atoms with Gasteiger partial charge in [0.15, 0.2) is 0 Å². The van der Waals surface area contributed by atoms with Crippen LogP contribution in [0.25, 0.3) is 11.0 Å². The van der Waals surface area contributed by atoms with E-state index in [1.807, 2.05) is 24.3 Å². The zero-order chi connectivity index (χ0) is 16.7. The van der Waals surface area contributed by atoms with E-state index < -0.39 is 0 Å². The van der Waals surface area contributed by atoms with E-state index >= 15 is 0 Å². The van der Waals surface area contributed by atoms with Crippen LogP contribution in [0.4, 0.5) is 0 Å². The summed E-state index contributed by atoms with van der Waals surface area (Å²) in [7, 11) is 0. The van der Waals surface area contributed by atoms with Crippen molar-refractivity contribution in [3.05, 3.63) is 53.1 Å². The first-order chi connectivity index (χ1) is 11.6. The Bertz CT molecular complexity index is 883. The lowest BCUT2D eigenvalue weighted by Crippen LogP contribution is -2.23. The van der Waals surface area contributed by atoms with Gasteiger partial charge in [-0.2, -0.15) is 5.10 Å². The number of hydrogen-bond acceptors (Lipinski definition) is 4. The third-order valence-electron chi connectivity index (χ3n) is 4.85. The van der Waals surface area contributed by atoms with Crippen molar-refractivity contribution in [3.8, 4) is 0 Å². The standard InChI is InChI=1S/C19H23N5/c1-13-10-14(2)24(22-13)16-8-9-23(11-16)12-19-15(3)20-17-6-4-5-7-18(17)21-19/h4-7,10,16H,8-9,11-12H2,1-3H3/t16-/m0/s1. The third kappa shape index (κ3) is 2.80. The van der Waals surface area contributed by atoms with Gasteiger partial charge in [-0.15, -0.1) is 0 Å². The highest BCUT2D eigenvalue weighted by molar-refractivity contribution is 5.74. The second-order valence-electron chi connectivity index (χ2n) is 6.79. The Morgan fingerprint density at radius 2 is 1.83 bits per heavy atom. The molecule has 124 valence electrons. The highest BCUT2D eigenvalue weighted by atomic mass is 15.3. The van der Waals surface area contributed by atoms with Crippen LogP contribution in [0, 0.1) is 20.8 Å². The molecule has 3 aromatic rings. The second-order valence-corrected chi connectivity index (χ2v) is 6.79. The lowest BCUT2D eigenvalue weighted by molar-refractivity contribution is 0.306. The topological polar surface area (TPSA) is 46.8 Å². The largest absolute Gasteiger partial charge is 0.295 e. The number of aryl methyl sites for hydroxylation is 3. The maximum Gasteiger partial charge on any atom is 0.0890 e. The van der Waals surface area contributed by atoms with Crippen LogP contribution in [0.5, 0.6) is 0 Å². The minimum atomic E-state index is 0.465. The van der Waals surface area contributed by atoms with Gasteiger partial charge in [-0.1, -0.05) is 12.1 Å². The molecule has 1 fully saturated rings. The molecule has 1 atom stereocenters. The molecule has 0 amide bonds. The van der Waals surface area contributed by atoms with E-state index in [4.69, 9.17) is 9.97 Å². The van der Waals surface area contributed by atoms with Crippen LogP contribution < -0.4 is 0 Å². The summed E-state index contributed by atoms with van der Waals surface area (Å²) in [6.07, 6.45) is 1.14. The van der Waals surface area contributed by atoms with Crippen molar-refractivity contribution in [2.75, 3.05) is 13.1 Å². The summed E-state index contributed by atoms with van der Waals surface area (Å²) in [5, 5.41) is 4.65. The number of nitrogens with zero attached hydrogens (tertiary/aromatic N) is 5. The maximum atomic E-state index is 4.83. The molecule has 1 aromatic carbocycles. The predicted molar refractivity (Wildman–Crippen MR) is 94.9 cm³/mol. The molecule has 5 heteroatoms. The van der Waals surface area contributed by atoms with Gasteiger partial charge in [-0.05, 0) is 45.4 Å². The number of likely N-dealkylation sites (tertiary alicyclic amines) is 1. The van der Waals surface area contributed by atoms with Crippen LogP contribution in [0.15, 0.2) is 30.3 Å². The van der Waals surface area contributed by atoms with E-state index in [1.165, 1.54) is 5.69 Å². The number of para-hydroxylation sites is 2. The maximum absolute atomic E-state index is 4.83. The molecular weight excluding hydrogens is 298 g/mol. The van der Waals surface area contributed by atoms with Gasteiger partial charge >= 0.3 is 0 Å².